The summed E-state index contributed by atoms with van der Waals surface area (Å²) >= 11 is 3.00. The molecule has 0 aliphatic carbocycles. The van der Waals surface area contributed by atoms with E-state index in [2.05, 4.69) is 22.3 Å². The minimum absolute atomic E-state index is 0.0738. The lowest BCUT2D eigenvalue weighted by atomic mass is 10.0. The van der Waals surface area contributed by atoms with Crippen molar-refractivity contribution in [1.82, 2.24) is 10.2 Å². The number of rotatable bonds is 3. The average Bonchev–Trinajstić information content (AvgIpc) is 2.98. The number of amides is 1. The first kappa shape index (κ1) is 17.2. The van der Waals surface area contributed by atoms with E-state index in [1.54, 1.807) is 0 Å². The van der Waals surface area contributed by atoms with Gasteiger partial charge in [-0.25, -0.2) is 0 Å². The molecule has 1 amide bonds. The molecular formula is C20H19N3OS2. The predicted molar refractivity (Wildman–Crippen MR) is 107 cm³/mol. The van der Waals surface area contributed by atoms with Gasteiger partial charge in [0.25, 0.3) is 0 Å². The Hall–Kier alpha value is -2.18. The number of fused-ring (bicyclic) bond motifs is 2. The normalized spacial score (nSPS) is 14.3. The standard InChI is InChI=1S/C20H19N3OS2/c1-13(25-20-22-21-14(2)26-20)19(24)23-17-9-5-3-7-15(17)11-12-16-8-4-6-10-18(16)23/h3-10,13H,11-12H2,1-2H3. The first-order valence-electron chi connectivity index (χ1n) is 8.60. The Morgan fingerprint density at radius 1 is 1.04 bits per heavy atom. The van der Waals surface area contributed by atoms with Crippen LogP contribution in [-0.2, 0) is 17.6 Å². The average molecular weight is 382 g/mol. The molecule has 0 N–H and O–H groups in total. The lowest BCUT2D eigenvalue weighted by molar-refractivity contribution is -0.117. The molecular weight excluding hydrogens is 362 g/mol. The van der Waals surface area contributed by atoms with Crippen LogP contribution in [0.4, 0.5) is 11.4 Å². The van der Waals surface area contributed by atoms with Crippen LogP contribution >= 0.6 is 23.1 Å². The molecule has 1 aliphatic rings. The van der Waals surface area contributed by atoms with E-state index in [0.29, 0.717) is 0 Å². The highest BCUT2D eigenvalue weighted by Gasteiger charge is 2.29. The Morgan fingerprint density at radius 3 is 2.15 bits per heavy atom. The Balaban J connectivity index is 1.73. The first-order chi connectivity index (χ1) is 12.6. The van der Waals surface area contributed by atoms with Crippen molar-refractivity contribution in [2.45, 2.75) is 36.3 Å². The number of hydrogen-bond donors (Lipinski definition) is 0. The van der Waals surface area contributed by atoms with Gasteiger partial charge in [-0.3, -0.25) is 9.69 Å². The molecule has 6 heteroatoms. The number of thioether (sulfide) groups is 1. The Kier molecular flexibility index (Phi) is 4.78. The molecule has 3 aromatic rings. The molecule has 0 spiro atoms. The predicted octanol–water partition coefficient (Wildman–Crippen LogP) is 4.79. The van der Waals surface area contributed by atoms with Crippen molar-refractivity contribution in [2.75, 3.05) is 4.90 Å². The fourth-order valence-electron chi connectivity index (χ4n) is 3.23. The molecule has 4 nitrogen and oxygen atoms in total. The molecule has 2 aromatic carbocycles. The molecule has 1 aromatic heterocycles. The maximum absolute atomic E-state index is 13.4. The second-order valence-electron chi connectivity index (χ2n) is 6.28. The second-order valence-corrected chi connectivity index (χ2v) is 9.05. The molecule has 4 rings (SSSR count). The van der Waals surface area contributed by atoms with E-state index < -0.39 is 0 Å². The van der Waals surface area contributed by atoms with Crippen molar-refractivity contribution in [2.24, 2.45) is 0 Å². The summed E-state index contributed by atoms with van der Waals surface area (Å²) in [5, 5.41) is 8.87. The summed E-state index contributed by atoms with van der Waals surface area (Å²) in [6.45, 7) is 3.87. The fourth-order valence-corrected chi connectivity index (χ4v) is 5.23. The Bertz CT molecular complexity index is 906. The topological polar surface area (TPSA) is 46.1 Å². The Morgan fingerprint density at radius 2 is 1.62 bits per heavy atom. The highest BCUT2D eigenvalue weighted by molar-refractivity contribution is 8.02. The van der Waals surface area contributed by atoms with Gasteiger partial charge in [0.15, 0.2) is 4.34 Å². The van der Waals surface area contributed by atoms with Crippen LogP contribution in [0.3, 0.4) is 0 Å². The van der Waals surface area contributed by atoms with Crippen molar-refractivity contribution in [3.05, 3.63) is 64.7 Å². The van der Waals surface area contributed by atoms with Crippen molar-refractivity contribution in [3.8, 4) is 0 Å². The van der Waals surface area contributed by atoms with Crippen LogP contribution < -0.4 is 4.90 Å². The molecule has 0 fully saturated rings. The number of carbonyl (C=O) groups excluding carboxylic acids is 1. The summed E-state index contributed by atoms with van der Waals surface area (Å²) in [7, 11) is 0. The lowest BCUT2D eigenvalue weighted by Gasteiger charge is -2.27. The number of nitrogens with zero attached hydrogens (tertiary/aromatic N) is 3. The van der Waals surface area contributed by atoms with Gasteiger partial charge in [0.1, 0.15) is 5.01 Å². The largest absolute Gasteiger partial charge is 0.280 e. The number of aromatic nitrogens is 2. The number of aryl methyl sites for hydroxylation is 3. The van der Waals surface area contributed by atoms with Gasteiger partial charge >= 0.3 is 0 Å². The second kappa shape index (κ2) is 7.21. The number of carbonyl (C=O) groups is 1. The van der Waals surface area contributed by atoms with Gasteiger partial charge in [-0.2, -0.15) is 0 Å². The molecule has 0 saturated carbocycles. The van der Waals surface area contributed by atoms with E-state index in [-0.39, 0.29) is 11.2 Å². The molecule has 2 heterocycles. The third-order valence-electron chi connectivity index (χ3n) is 4.48. The summed E-state index contributed by atoms with van der Waals surface area (Å²) < 4.78 is 0.833. The van der Waals surface area contributed by atoms with E-state index in [1.165, 1.54) is 34.2 Å². The van der Waals surface area contributed by atoms with Crippen LogP contribution in [0.25, 0.3) is 0 Å². The van der Waals surface area contributed by atoms with Crippen molar-refractivity contribution in [1.29, 1.82) is 0 Å². The summed E-state index contributed by atoms with van der Waals surface area (Å²) in [5.74, 6) is 0.0738. The molecule has 132 valence electrons. The van der Waals surface area contributed by atoms with Crippen molar-refractivity contribution >= 4 is 40.4 Å². The maximum atomic E-state index is 13.4. The number of para-hydroxylation sites is 2. The zero-order valence-corrected chi connectivity index (χ0v) is 16.3. The van der Waals surface area contributed by atoms with E-state index in [9.17, 15) is 4.79 Å². The van der Waals surface area contributed by atoms with Gasteiger partial charge in [-0.1, -0.05) is 59.5 Å². The van der Waals surface area contributed by atoms with Gasteiger partial charge in [-0.15, -0.1) is 10.2 Å². The van der Waals surface area contributed by atoms with Crippen molar-refractivity contribution in [3.63, 3.8) is 0 Å². The molecule has 0 radical (unpaired) electrons. The van der Waals surface area contributed by atoms with Crippen LogP contribution in [0.1, 0.15) is 23.1 Å². The van der Waals surface area contributed by atoms with E-state index in [1.807, 2.05) is 55.1 Å². The summed E-state index contributed by atoms with van der Waals surface area (Å²) in [5.41, 5.74) is 4.40. The van der Waals surface area contributed by atoms with Crippen LogP contribution in [0, 0.1) is 6.92 Å². The fraction of sp³-hybridized carbons (Fsp3) is 0.250. The lowest BCUT2D eigenvalue weighted by Crippen LogP contribution is -2.33. The highest BCUT2D eigenvalue weighted by atomic mass is 32.2. The molecule has 1 unspecified atom stereocenters. The summed E-state index contributed by atoms with van der Waals surface area (Å²) in [4.78, 5) is 15.3. The van der Waals surface area contributed by atoms with E-state index in [4.69, 9.17) is 0 Å². The first-order valence-corrected chi connectivity index (χ1v) is 10.3. The Labute approximate surface area is 161 Å². The molecule has 26 heavy (non-hydrogen) atoms. The van der Waals surface area contributed by atoms with Gasteiger partial charge in [0, 0.05) is 0 Å². The SMILES string of the molecule is Cc1nnc(SC(C)C(=O)N2c3ccccc3CCc3ccccc32)s1. The summed E-state index contributed by atoms with van der Waals surface area (Å²) in [6, 6.07) is 16.4. The third kappa shape index (κ3) is 3.27. The van der Waals surface area contributed by atoms with Gasteiger partial charge in [0.2, 0.25) is 5.91 Å². The van der Waals surface area contributed by atoms with Crippen LogP contribution in [0.15, 0.2) is 52.9 Å². The van der Waals surface area contributed by atoms with E-state index in [0.717, 1.165) is 33.6 Å². The van der Waals surface area contributed by atoms with Crippen LogP contribution in [0.2, 0.25) is 0 Å². The van der Waals surface area contributed by atoms with Gasteiger partial charge in [-0.05, 0) is 49.9 Å². The highest BCUT2D eigenvalue weighted by Crippen LogP contribution is 2.38. The van der Waals surface area contributed by atoms with Crippen molar-refractivity contribution < 1.29 is 4.79 Å². The van der Waals surface area contributed by atoms with Gasteiger partial charge < -0.3 is 0 Å². The van der Waals surface area contributed by atoms with E-state index >= 15 is 0 Å². The minimum atomic E-state index is -0.249. The quantitative estimate of drug-likeness (QED) is 0.612. The molecule has 0 saturated heterocycles. The molecule has 0 bridgehead atoms. The number of benzene rings is 2. The number of anilines is 2. The zero-order chi connectivity index (χ0) is 18.1. The monoisotopic (exact) mass is 381 g/mol. The maximum Gasteiger partial charge on any atom is 0.244 e. The molecule has 1 atom stereocenters. The van der Waals surface area contributed by atoms with Gasteiger partial charge in [0.05, 0.1) is 16.6 Å². The summed E-state index contributed by atoms with van der Waals surface area (Å²) in [6.07, 6.45) is 1.88. The van der Waals surface area contributed by atoms with Crippen LogP contribution in [0.5, 0.6) is 0 Å². The van der Waals surface area contributed by atoms with Crippen LogP contribution in [-0.4, -0.2) is 21.4 Å². The zero-order valence-electron chi connectivity index (χ0n) is 14.7. The third-order valence-corrected chi connectivity index (χ3v) is 6.49. The number of hydrogen-bond acceptors (Lipinski definition) is 5. The smallest absolute Gasteiger partial charge is 0.244 e. The minimum Gasteiger partial charge on any atom is -0.280 e. The molecule has 1 aliphatic heterocycles.